The Morgan fingerprint density at radius 1 is 1.35 bits per heavy atom. The normalized spacial score (nSPS) is 11.8. The second-order valence-corrected chi connectivity index (χ2v) is 5.09. The predicted molar refractivity (Wildman–Crippen MR) is 77.2 cm³/mol. The van der Waals surface area contributed by atoms with E-state index in [1.54, 1.807) is 26.8 Å². The zero-order valence-corrected chi connectivity index (χ0v) is 13.2. The molecule has 0 heterocycles. The van der Waals surface area contributed by atoms with Crippen LogP contribution in [0.15, 0.2) is 16.6 Å². The lowest BCUT2D eigenvalue weighted by molar-refractivity contribution is -0.151. The summed E-state index contributed by atoms with van der Waals surface area (Å²) in [7, 11) is 0. The van der Waals surface area contributed by atoms with E-state index in [4.69, 9.17) is 9.47 Å². The van der Waals surface area contributed by atoms with E-state index < -0.39 is 18.0 Å². The summed E-state index contributed by atoms with van der Waals surface area (Å²) in [6.45, 7) is 5.46. The Labute approximate surface area is 126 Å². The van der Waals surface area contributed by atoms with Crippen LogP contribution in [0.25, 0.3) is 0 Å². The fraction of sp³-hybridized carbons (Fsp3) is 0.429. The van der Waals surface area contributed by atoms with Gasteiger partial charge in [-0.25, -0.2) is 9.59 Å². The van der Waals surface area contributed by atoms with Gasteiger partial charge < -0.3 is 14.6 Å². The summed E-state index contributed by atoms with van der Waals surface area (Å²) in [5.41, 5.74) is 0.652. The lowest BCUT2D eigenvalue weighted by Crippen LogP contribution is -2.29. The number of carbonyl (C=O) groups excluding carboxylic acids is 1. The molecule has 1 aromatic carbocycles. The molecule has 110 valence electrons. The highest BCUT2D eigenvalue weighted by Gasteiger charge is 2.24. The predicted octanol–water partition coefficient (Wildman–Crippen LogP) is 3.18. The van der Waals surface area contributed by atoms with Crippen molar-refractivity contribution in [1.29, 1.82) is 0 Å². The third-order valence-corrected chi connectivity index (χ3v) is 3.11. The minimum absolute atomic E-state index is 0.0135. The maximum atomic E-state index is 11.7. The lowest BCUT2D eigenvalue weighted by atomic mass is 10.1. The fourth-order valence-corrected chi connectivity index (χ4v) is 2.29. The number of benzene rings is 1. The Bertz CT molecular complexity index is 513. The number of carboxylic acids is 1. The van der Waals surface area contributed by atoms with Crippen LogP contribution >= 0.6 is 15.9 Å². The first kappa shape index (κ1) is 16.5. The molecule has 0 fully saturated rings. The second kappa shape index (κ2) is 7.28. The van der Waals surface area contributed by atoms with Crippen molar-refractivity contribution in [3.8, 4) is 5.75 Å². The van der Waals surface area contributed by atoms with Gasteiger partial charge in [-0.15, -0.1) is 0 Å². The molecule has 0 aliphatic rings. The van der Waals surface area contributed by atoms with Crippen LogP contribution in [0.5, 0.6) is 5.75 Å². The van der Waals surface area contributed by atoms with E-state index in [0.29, 0.717) is 16.5 Å². The van der Waals surface area contributed by atoms with Gasteiger partial charge >= 0.3 is 11.9 Å². The van der Waals surface area contributed by atoms with Crippen LogP contribution in [0, 0.1) is 6.92 Å². The van der Waals surface area contributed by atoms with Gasteiger partial charge in [-0.05, 0) is 38.0 Å². The molecule has 1 atom stereocenters. The first-order valence-corrected chi connectivity index (χ1v) is 7.06. The van der Waals surface area contributed by atoms with Gasteiger partial charge in [0, 0.05) is 4.47 Å². The van der Waals surface area contributed by atoms with Gasteiger partial charge in [0.15, 0.2) is 6.10 Å². The smallest absolute Gasteiger partial charge is 0.347 e. The summed E-state index contributed by atoms with van der Waals surface area (Å²) in [6, 6.07) is 3.18. The molecular weight excluding hydrogens is 328 g/mol. The van der Waals surface area contributed by atoms with Crippen molar-refractivity contribution >= 4 is 27.9 Å². The fourth-order valence-electron chi connectivity index (χ4n) is 1.72. The van der Waals surface area contributed by atoms with Crippen molar-refractivity contribution in [1.82, 2.24) is 0 Å². The highest BCUT2D eigenvalue weighted by atomic mass is 79.9. The van der Waals surface area contributed by atoms with Crippen LogP contribution in [0.4, 0.5) is 0 Å². The topological polar surface area (TPSA) is 72.8 Å². The summed E-state index contributed by atoms with van der Waals surface area (Å²) >= 11 is 3.24. The number of aromatic carboxylic acids is 1. The molecule has 0 amide bonds. The monoisotopic (exact) mass is 344 g/mol. The SMILES string of the molecule is CCOC(=O)C(CC)Oc1c(C)cc(Br)cc1C(=O)O. The average molecular weight is 345 g/mol. The summed E-state index contributed by atoms with van der Waals surface area (Å²) in [6.07, 6.45) is -0.416. The minimum Gasteiger partial charge on any atom is -0.478 e. The standard InChI is InChI=1S/C14H17BrO5/c1-4-11(14(18)19-5-2)20-12-8(3)6-9(15)7-10(12)13(16)17/h6-7,11H,4-5H2,1-3H3,(H,16,17). The summed E-state index contributed by atoms with van der Waals surface area (Å²) < 4.78 is 11.1. The van der Waals surface area contributed by atoms with Crippen molar-refractivity contribution < 1.29 is 24.2 Å². The van der Waals surface area contributed by atoms with Gasteiger partial charge in [0.1, 0.15) is 11.3 Å². The maximum Gasteiger partial charge on any atom is 0.347 e. The van der Waals surface area contributed by atoms with E-state index >= 15 is 0 Å². The van der Waals surface area contributed by atoms with Crippen molar-refractivity contribution in [3.05, 3.63) is 27.7 Å². The molecule has 0 aliphatic heterocycles. The van der Waals surface area contributed by atoms with Crippen molar-refractivity contribution in [2.45, 2.75) is 33.3 Å². The molecule has 0 aliphatic carbocycles. The third-order valence-electron chi connectivity index (χ3n) is 2.65. The van der Waals surface area contributed by atoms with Crippen molar-refractivity contribution in [3.63, 3.8) is 0 Å². The molecule has 0 saturated carbocycles. The number of aryl methyl sites for hydroxylation is 1. The van der Waals surface area contributed by atoms with Gasteiger partial charge in [0.25, 0.3) is 0 Å². The summed E-state index contributed by atoms with van der Waals surface area (Å²) in [4.78, 5) is 23.0. The van der Waals surface area contributed by atoms with Crippen LogP contribution in [0.1, 0.15) is 36.2 Å². The quantitative estimate of drug-likeness (QED) is 0.802. The van der Waals surface area contributed by atoms with E-state index in [0.717, 1.165) is 0 Å². The molecule has 20 heavy (non-hydrogen) atoms. The van der Waals surface area contributed by atoms with Crippen molar-refractivity contribution in [2.75, 3.05) is 6.61 Å². The highest BCUT2D eigenvalue weighted by Crippen LogP contribution is 2.29. The summed E-state index contributed by atoms with van der Waals surface area (Å²) in [5, 5.41) is 9.23. The minimum atomic E-state index is -1.11. The van der Waals surface area contributed by atoms with Crippen LogP contribution in [0.3, 0.4) is 0 Å². The van der Waals surface area contributed by atoms with E-state index in [1.807, 2.05) is 0 Å². The first-order valence-electron chi connectivity index (χ1n) is 6.27. The lowest BCUT2D eigenvalue weighted by Gasteiger charge is -2.19. The molecule has 1 rings (SSSR count). The number of hydrogen-bond acceptors (Lipinski definition) is 4. The molecule has 0 saturated heterocycles. The molecular formula is C14H17BrO5. The molecule has 0 aromatic heterocycles. The van der Waals surface area contributed by atoms with Crippen molar-refractivity contribution in [2.24, 2.45) is 0 Å². The van der Waals surface area contributed by atoms with Gasteiger partial charge in [0.05, 0.1) is 6.61 Å². The Hall–Kier alpha value is -1.56. The first-order chi connectivity index (χ1) is 9.40. The Morgan fingerprint density at radius 2 is 2.00 bits per heavy atom. The molecule has 1 N–H and O–H groups in total. The number of rotatable bonds is 6. The molecule has 0 spiro atoms. The third kappa shape index (κ3) is 3.96. The number of ether oxygens (including phenoxy) is 2. The molecule has 6 heteroatoms. The number of esters is 1. The average Bonchev–Trinajstić information content (AvgIpc) is 2.37. The van der Waals surface area contributed by atoms with Crippen LogP contribution < -0.4 is 4.74 Å². The number of carbonyl (C=O) groups is 2. The molecule has 1 aromatic rings. The van der Waals surface area contributed by atoms with E-state index in [-0.39, 0.29) is 17.9 Å². The molecule has 0 bridgehead atoms. The van der Waals surface area contributed by atoms with E-state index in [2.05, 4.69) is 15.9 Å². The van der Waals surface area contributed by atoms with E-state index in [9.17, 15) is 14.7 Å². The Morgan fingerprint density at radius 3 is 2.50 bits per heavy atom. The molecule has 1 unspecified atom stereocenters. The zero-order valence-electron chi connectivity index (χ0n) is 11.6. The van der Waals surface area contributed by atoms with Gasteiger partial charge in [-0.3, -0.25) is 0 Å². The van der Waals surface area contributed by atoms with Gasteiger partial charge in [0.2, 0.25) is 0 Å². The Balaban J connectivity index is 3.12. The van der Waals surface area contributed by atoms with Crippen LogP contribution in [-0.2, 0) is 9.53 Å². The Kier molecular flexibility index (Phi) is 6.01. The number of carboxylic acid groups (broad SMARTS) is 1. The van der Waals surface area contributed by atoms with Gasteiger partial charge in [-0.1, -0.05) is 22.9 Å². The molecule has 5 nitrogen and oxygen atoms in total. The van der Waals surface area contributed by atoms with E-state index in [1.165, 1.54) is 6.07 Å². The molecule has 0 radical (unpaired) electrons. The second-order valence-electron chi connectivity index (χ2n) is 4.17. The van der Waals surface area contributed by atoms with Gasteiger partial charge in [-0.2, -0.15) is 0 Å². The summed E-state index contributed by atoms with van der Waals surface area (Å²) in [5.74, 6) is -1.41. The highest BCUT2D eigenvalue weighted by molar-refractivity contribution is 9.10. The van der Waals surface area contributed by atoms with Crippen LogP contribution in [-0.4, -0.2) is 29.8 Å². The zero-order chi connectivity index (χ0) is 15.3. The maximum absolute atomic E-state index is 11.7. The number of hydrogen-bond donors (Lipinski definition) is 1. The number of halogens is 1. The van der Waals surface area contributed by atoms with Crippen LogP contribution in [0.2, 0.25) is 0 Å². The largest absolute Gasteiger partial charge is 0.478 e.